The standard InChI is InChI=1S/C19H14N2O/c22-18-9-5-4-8-15(18)14-10-16-17(12-21-19(16)20-11-14)13-6-2-1-3-7-13/h1-12,22H,(H,20,21). The third kappa shape index (κ3) is 2.04. The van der Waals surface area contributed by atoms with E-state index in [0.717, 1.165) is 33.3 Å². The fourth-order valence-electron chi connectivity index (χ4n) is 2.72. The average molecular weight is 286 g/mol. The predicted octanol–water partition coefficient (Wildman–Crippen LogP) is 4.60. The highest BCUT2D eigenvalue weighted by atomic mass is 16.3. The van der Waals surface area contributed by atoms with Crippen LogP contribution in [0.1, 0.15) is 0 Å². The normalized spacial score (nSPS) is 10.9. The number of pyridine rings is 1. The smallest absolute Gasteiger partial charge is 0.137 e. The van der Waals surface area contributed by atoms with Crippen LogP contribution in [0.25, 0.3) is 33.3 Å². The first-order valence-corrected chi connectivity index (χ1v) is 7.14. The molecule has 0 aliphatic rings. The molecule has 0 amide bonds. The van der Waals surface area contributed by atoms with Crippen molar-refractivity contribution in [2.24, 2.45) is 0 Å². The van der Waals surface area contributed by atoms with E-state index in [1.165, 1.54) is 0 Å². The topological polar surface area (TPSA) is 48.9 Å². The Morgan fingerprint density at radius 3 is 2.41 bits per heavy atom. The van der Waals surface area contributed by atoms with Crippen molar-refractivity contribution in [3.8, 4) is 28.0 Å². The molecule has 106 valence electrons. The van der Waals surface area contributed by atoms with Gasteiger partial charge in [-0.05, 0) is 17.7 Å². The first-order chi connectivity index (χ1) is 10.8. The zero-order chi connectivity index (χ0) is 14.9. The molecule has 0 saturated carbocycles. The van der Waals surface area contributed by atoms with Crippen LogP contribution in [0.15, 0.2) is 73.1 Å². The van der Waals surface area contributed by atoms with Gasteiger partial charge in [0.05, 0.1) is 0 Å². The number of nitrogens with zero attached hydrogens (tertiary/aromatic N) is 1. The van der Waals surface area contributed by atoms with Gasteiger partial charge in [-0.2, -0.15) is 0 Å². The molecule has 0 atom stereocenters. The van der Waals surface area contributed by atoms with Gasteiger partial charge in [0.2, 0.25) is 0 Å². The number of nitrogens with one attached hydrogen (secondary N) is 1. The molecule has 0 fully saturated rings. The summed E-state index contributed by atoms with van der Waals surface area (Å²) in [7, 11) is 0. The number of para-hydroxylation sites is 1. The number of phenolic OH excluding ortho intramolecular Hbond substituents is 1. The van der Waals surface area contributed by atoms with Gasteiger partial charge in [-0.1, -0.05) is 48.5 Å². The molecule has 0 aliphatic heterocycles. The average Bonchev–Trinajstić information content (AvgIpc) is 2.99. The molecule has 0 unspecified atom stereocenters. The van der Waals surface area contributed by atoms with Gasteiger partial charge < -0.3 is 10.1 Å². The second-order valence-corrected chi connectivity index (χ2v) is 5.21. The van der Waals surface area contributed by atoms with Crippen molar-refractivity contribution in [1.29, 1.82) is 0 Å². The van der Waals surface area contributed by atoms with Crippen LogP contribution >= 0.6 is 0 Å². The highest BCUT2D eigenvalue weighted by Gasteiger charge is 2.10. The number of hydrogen-bond donors (Lipinski definition) is 2. The van der Waals surface area contributed by atoms with Crippen molar-refractivity contribution in [2.75, 3.05) is 0 Å². The maximum absolute atomic E-state index is 10.0. The van der Waals surface area contributed by atoms with Crippen molar-refractivity contribution in [2.45, 2.75) is 0 Å². The van der Waals surface area contributed by atoms with Gasteiger partial charge in [0.15, 0.2) is 0 Å². The number of aromatic nitrogens is 2. The molecule has 0 spiro atoms. The molecule has 2 heterocycles. The third-order valence-electron chi connectivity index (χ3n) is 3.83. The first kappa shape index (κ1) is 12.7. The second-order valence-electron chi connectivity index (χ2n) is 5.21. The molecule has 3 heteroatoms. The second kappa shape index (κ2) is 5.04. The van der Waals surface area contributed by atoms with E-state index in [0.29, 0.717) is 0 Å². The minimum atomic E-state index is 0.264. The molecule has 22 heavy (non-hydrogen) atoms. The Morgan fingerprint density at radius 2 is 1.59 bits per heavy atom. The van der Waals surface area contributed by atoms with E-state index in [9.17, 15) is 5.11 Å². The van der Waals surface area contributed by atoms with Crippen LogP contribution < -0.4 is 0 Å². The number of rotatable bonds is 2. The lowest BCUT2D eigenvalue weighted by atomic mass is 10.0. The molecule has 4 aromatic rings. The molecular weight excluding hydrogens is 272 g/mol. The number of benzene rings is 2. The lowest BCUT2D eigenvalue weighted by molar-refractivity contribution is 0.477. The van der Waals surface area contributed by atoms with Gasteiger partial charge in [0, 0.05) is 34.5 Å². The summed E-state index contributed by atoms with van der Waals surface area (Å²) in [6.45, 7) is 0. The van der Waals surface area contributed by atoms with Gasteiger partial charge in [-0.25, -0.2) is 4.98 Å². The quantitative estimate of drug-likeness (QED) is 0.565. The molecule has 0 radical (unpaired) electrons. The summed E-state index contributed by atoms with van der Waals surface area (Å²) in [4.78, 5) is 7.68. The Labute approximate surface area is 127 Å². The number of fused-ring (bicyclic) bond motifs is 1. The van der Waals surface area contributed by atoms with Crippen molar-refractivity contribution in [1.82, 2.24) is 9.97 Å². The van der Waals surface area contributed by atoms with E-state index < -0.39 is 0 Å². The van der Waals surface area contributed by atoms with E-state index in [1.807, 2.05) is 42.6 Å². The summed E-state index contributed by atoms with van der Waals surface area (Å²) < 4.78 is 0. The number of H-pyrrole nitrogens is 1. The molecule has 0 aliphatic carbocycles. The zero-order valence-corrected chi connectivity index (χ0v) is 11.8. The summed E-state index contributed by atoms with van der Waals surface area (Å²) in [5.41, 5.74) is 4.79. The van der Waals surface area contributed by atoms with E-state index in [-0.39, 0.29) is 5.75 Å². The summed E-state index contributed by atoms with van der Waals surface area (Å²) in [6, 6.07) is 19.6. The maximum Gasteiger partial charge on any atom is 0.137 e. The molecule has 2 N–H and O–H groups in total. The highest BCUT2D eigenvalue weighted by molar-refractivity contribution is 5.96. The predicted molar refractivity (Wildman–Crippen MR) is 88.6 cm³/mol. The Balaban J connectivity index is 1.92. The first-order valence-electron chi connectivity index (χ1n) is 7.14. The van der Waals surface area contributed by atoms with Crippen LogP contribution in [-0.4, -0.2) is 15.1 Å². The largest absolute Gasteiger partial charge is 0.507 e. The maximum atomic E-state index is 10.0. The summed E-state index contributed by atoms with van der Waals surface area (Å²) in [5, 5.41) is 11.1. The summed E-state index contributed by atoms with van der Waals surface area (Å²) >= 11 is 0. The van der Waals surface area contributed by atoms with Crippen molar-refractivity contribution < 1.29 is 5.11 Å². The van der Waals surface area contributed by atoms with E-state index in [1.54, 1.807) is 12.3 Å². The molecule has 2 aromatic carbocycles. The summed E-state index contributed by atoms with van der Waals surface area (Å²) in [5.74, 6) is 0.264. The van der Waals surface area contributed by atoms with Crippen LogP contribution in [0.2, 0.25) is 0 Å². The number of aromatic hydroxyl groups is 1. The summed E-state index contributed by atoms with van der Waals surface area (Å²) in [6.07, 6.45) is 3.75. The fourth-order valence-corrected chi connectivity index (χ4v) is 2.72. The van der Waals surface area contributed by atoms with Gasteiger partial charge in [0.25, 0.3) is 0 Å². The lowest BCUT2D eigenvalue weighted by Crippen LogP contribution is -1.83. The Hall–Kier alpha value is -3.07. The van der Waals surface area contributed by atoms with Gasteiger partial charge >= 0.3 is 0 Å². The molecule has 3 nitrogen and oxygen atoms in total. The van der Waals surface area contributed by atoms with Crippen molar-refractivity contribution in [3.05, 3.63) is 73.1 Å². The molecular formula is C19H14N2O. The minimum absolute atomic E-state index is 0.264. The number of hydrogen-bond acceptors (Lipinski definition) is 2. The lowest BCUT2D eigenvalue weighted by Gasteiger charge is -2.05. The Morgan fingerprint density at radius 1 is 0.818 bits per heavy atom. The van der Waals surface area contributed by atoms with Crippen LogP contribution in [0.5, 0.6) is 5.75 Å². The fraction of sp³-hybridized carbons (Fsp3) is 0. The molecule has 0 bridgehead atoms. The van der Waals surface area contributed by atoms with Crippen LogP contribution in [0.3, 0.4) is 0 Å². The molecule has 2 aromatic heterocycles. The van der Waals surface area contributed by atoms with Gasteiger partial charge in [-0.15, -0.1) is 0 Å². The van der Waals surface area contributed by atoms with Crippen LogP contribution in [-0.2, 0) is 0 Å². The van der Waals surface area contributed by atoms with E-state index >= 15 is 0 Å². The highest BCUT2D eigenvalue weighted by Crippen LogP contribution is 2.33. The van der Waals surface area contributed by atoms with E-state index in [2.05, 4.69) is 28.2 Å². The Kier molecular flexibility index (Phi) is 2.90. The number of aromatic amines is 1. The Bertz CT molecular complexity index is 942. The van der Waals surface area contributed by atoms with Crippen LogP contribution in [0, 0.1) is 0 Å². The monoisotopic (exact) mass is 286 g/mol. The zero-order valence-electron chi connectivity index (χ0n) is 11.8. The third-order valence-corrected chi connectivity index (χ3v) is 3.83. The van der Waals surface area contributed by atoms with Crippen molar-refractivity contribution in [3.63, 3.8) is 0 Å². The van der Waals surface area contributed by atoms with Crippen LogP contribution in [0.4, 0.5) is 0 Å². The minimum Gasteiger partial charge on any atom is -0.507 e. The van der Waals surface area contributed by atoms with Crippen molar-refractivity contribution >= 4 is 11.0 Å². The van der Waals surface area contributed by atoms with Gasteiger partial charge in [-0.3, -0.25) is 0 Å². The number of phenols is 1. The SMILES string of the molecule is Oc1ccccc1-c1cnc2[nH]cc(-c3ccccc3)c2c1. The van der Waals surface area contributed by atoms with E-state index in [4.69, 9.17) is 0 Å². The molecule has 4 rings (SSSR count). The van der Waals surface area contributed by atoms with Gasteiger partial charge in [0.1, 0.15) is 11.4 Å². The molecule has 0 saturated heterocycles.